The number of hydrogen-bond donors (Lipinski definition) is 0. The predicted molar refractivity (Wildman–Crippen MR) is 55.0 cm³/mol. The molecule has 1 rings (SSSR count). The van der Waals surface area contributed by atoms with Gasteiger partial charge >= 0.3 is 0 Å². The van der Waals surface area contributed by atoms with E-state index in [9.17, 15) is 0 Å². The summed E-state index contributed by atoms with van der Waals surface area (Å²) in [5, 5.41) is 0. The molecule has 1 aliphatic carbocycles. The van der Waals surface area contributed by atoms with E-state index in [1.54, 1.807) is 5.57 Å². The summed E-state index contributed by atoms with van der Waals surface area (Å²) in [5.74, 6) is 2.24. The molecule has 0 aromatic heterocycles. The molecule has 0 N–H and O–H groups in total. The van der Waals surface area contributed by atoms with Gasteiger partial charge in [0.05, 0.1) is 0 Å². The topological polar surface area (TPSA) is 0 Å². The van der Waals surface area contributed by atoms with E-state index in [-0.39, 0.29) is 0 Å². The Morgan fingerprint density at radius 1 is 1.25 bits per heavy atom. The molecule has 0 amide bonds. The number of allylic oxidation sites excluding steroid dienone is 4. The third-order valence-corrected chi connectivity index (χ3v) is 2.45. The highest BCUT2D eigenvalue weighted by molar-refractivity contribution is 5.28. The molecule has 0 radical (unpaired) electrons. The summed E-state index contributed by atoms with van der Waals surface area (Å²) in [5.41, 5.74) is 1.61. The molecule has 0 fully saturated rings. The van der Waals surface area contributed by atoms with E-state index in [0.717, 1.165) is 11.8 Å². The van der Waals surface area contributed by atoms with Crippen LogP contribution in [0.2, 0.25) is 0 Å². The SMILES string of the molecule is CC(C)CC1C=CC=C1C(C)C. The average Bonchev–Trinajstić information content (AvgIpc) is 2.33. The fraction of sp³-hybridized carbons (Fsp3) is 0.667. The first-order chi connectivity index (χ1) is 5.61. The third kappa shape index (κ3) is 2.23. The van der Waals surface area contributed by atoms with Gasteiger partial charge in [0.1, 0.15) is 0 Å². The zero-order valence-electron chi connectivity index (χ0n) is 8.67. The van der Waals surface area contributed by atoms with E-state index in [4.69, 9.17) is 0 Å². The summed E-state index contributed by atoms with van der Waals surface area (Å²) < 4.78 is 0. The lowest BCUT2D eigenvalue weighted by Gasteiger charge is -2.18. The van der Waals surface area contributed by atoms with Gasteiger partial charge in [-0.25, -0.2) is 0 Å². The van der Waals surface area contributed by atoms with Crippen LogP contribution in [0, 0.1) is 17.8 Å². The van der Waals surface area contributed by atoms with Crippen LogP contribution in [-0.4, -0.2) is 0 Å². The Hall–Kier alpha value is -0.520. The van der Waals surface area contributed by atoms with Crippen molar-refractivity contribution >= 4 is 0 Å². The van der Waals surface area contributed by atoms with Gasteiger partial charge in [-0.3, -0.25) is 0 Å². The van der Waals surface area contributed by atoms with Gasteiger partial charge in [0.25, 0.3) is 0 Å². The fourth-order valence-electron chi connectivity index (χ4n) is 1.88. The third-order valence-electron chi connectivity index (χ3n) is 2.45. The molecular formula is C12H20. The quantitative estimate of drug-likeness (QED) is 0.595. The molecule has 0 nitrogen and oxygen atoms in total. The normalized spacial score (nSPS) is 22.5. The van der Waals surface area contributed by atoms with Gasteiger partial charge in [-0.2, -0.15) is 0 Å². The van der Waals surface area contributed by atoms with Crippen LogP contribution in [0.15, 0.2) is 23.8 Å². The maximum atomic E-state index is 2.34. The van der Waals surface area contributed by atoms with Crippen molar-refractivity contribution in [1.29, 1.82) is 0 Å². The summed E-state index contributed by atoms with van der Waals surface area (Å²) in [6, 6.07) is 0. The van der Waals surface area contributed by atoms with E-state index in [2.05, 4.69) is 45.9 Å². The maximum absolute atomic E-state index is 2.34. The van der Waals surface area contributed by atoms with Gasteiger partial charge in [-0.05, 0) is 24.2 Å². The average molecular weight is 164 g/mol. The molecule has 0 aliphatic heterocycles. The van der Waals surface area contributed by atoms with Crippen molar-refractivity contribution < 1.29 is 0 Å². The van der Waals surface area contributed by atoms with Crippen molar-refractivity contribution in [2.75, 3.05) is 0 Å². The lowest BCUT2D eigenvalue weighted by Crippen LogP contribution is -2.07. The molecule has 0 aromatic carbocycles. The second-order valence-corrected chi connectivity index (χ2v) is 4.44. The molecule has 0 saturated heterocycles. The monoisotopic (exact) mass is 164 g/mol. The molecule has 0 heteroatoms. The minimum atomic E-state index is 0.712. The van der Waals surface area contributed by atoms with Crippen molar-refractivity contribution in [3.05, 3.63) is 23.8 Å². The van der Waals surface area contributed by atoms with Crippen molar-refractivity contribution in [1.82, 2.24) is 0 Å². The molecule has 0 heterocycles. The van der Waals surface area contributed by atoms with Crippen LogP contribution in [0.3, 0.4) is 0 Å². The summed E-state index contributed by atoms with van der Waals surface area (Å²) in [7, 11) is 0. The van der Waals surface area contributed by atoms with Gasteiger partial charge in [0.2, 0.25) is 0 Å². The van der Waals surface area contributed by atoms with Crippen LogP contribution in [-0.2, 0) is 0 Å². The summed E-state index contributed by atoms with van der Waals surface area (Å²) in [4.78, 5) is 0. The standard InChI is InChI=1S/C12H20/c1-9(2)8-11-6-5-7-12(11)10(3)4/h5-7,9-11H,8H2,1-4H3. The molecule has 0 saturated carbocycles. The zero-order chi connectivity index (χ0) is 9.14. The van der Waals surface area contributed by atoms with Gasteiger partial charge < -0.3 is 0 Å². The molecule has 68 valence electrons. The van der Waals surface area contributed by atoms with E-state index in [1.165, 1.54) is 6.42 Å². The van der Waals surface area contributed by atoms with E-state index in [1.807, 2.05) is 0 Å². The first-order valence-corrected chi connectivity index (χ1v) is 4.99. The van der Waals surface area contributed by atoms with Crippen LogP contribution >= 0.6 is 0 Å². The lowest BCUT2D eigenvalue weighted by atomic mass is 9.87. The summed E-state index contributed by atoms with van der Waals surface area (Å²) >= 11 is 0. The maximum Gasteiger partial charge on any atom is -0.00120 e. The second-order valence-electron chi connectivity index (χ2n) is 4.44. The van der Waals surface area contributed by atoms with Crippen LogP contribution in [0.4, 0.5) is 0 Å². The van der Waals surface area contributed by atoms with Crippen molar-refractivity contribution in [3.63, 3.8) is 0 Å². The molecule has 1 unspecified atom stereocenters. The Bertz CT molecular complexity index is 194. The van der Waals surface area contributed by atoms with Crippen LogP contribution in [0.5, 0.6) is 0 Å². The van der Waals surface area contributed by atoms with Crippen LogP contribution in [0.1, 0.15) is 34.1 Å². The minimum absolute atomic E-state index is 0.712. The minimum Gasteiger partial charge on any atom is -0.0773 e. The summed E-state index contributed by atoms with van der Waals surface area (Å²) in [6.45, 7) is 9.16. The Kier molecular flexibility index (Phi) is 3.13. The molecule has 0 aromatic rings. The number of rotatable bonds is 3. The van der Waals surface area contributed by atoms with Crippen molar-refractivity contribution in [2.24, 2.45) is 17.8 Å². The zero-order valence-corrected chi connectivity index (χ0v) is 8.67. The molecule has 1 aliphatic rings. The Morgan fingerprint density at radius 2 is 1.92 bits per heavy atom. The highest BCUT2D eigenvalue weighted by Gasteiger charge is 2.17. The van der Waals surface area contributed by atoms with Crippen LogP contribution < -0.4 is 0 Å². The Morgan fingerprint density at radius 3 is 2.42 bits per heavy atom. The fourth-order valence-corrected chi connectivity index (χ4v) is 1.88. The van der Waals surface area contributed by atoms with E-state index < -0.39 is 0 Å². The first kappa shape index (κ1) is 9.57. The molecular weight excluding hydrogens is 144 g/mol. The Balaban J connectivity index is 2.55. The van der Waals surface area contributed by atoms with Gasteiger partial charge in [0.15, 0.2) is 0 Å². The Labute approximate surface area is 76.4 Å². The van der Waals surface area contributed by atoms with Gasteiger partial charge in [-0.1, -0.05) is 51.5 Å². The number of hydrogen-bond acceptors (Lipinski definition) is 0. The highest BCUT2D eigenvalue weighted by Crippen LogP contribution is 2.30. The van der Waals surface area contributed by atoms with Crippen LogP contribution in [0.25, 0.3) is 0 Å². The van der Waals surface area contributed by atoms with Gasteiger partial charge in [0, 0.05) is 0 Å². The largest absolute Gasteiger partial charge is 0.0773 e. The first-order valence-electron chi connectivity index (χ1n) is 4.99. The molecule has 1 atom stereocenters. The van der Waals surface area contributed by atoms with Crippen molar-refractivity contribution in [2.45, 2.75) is 34.1 Å². The second kappa shape index (κ2) is 3.93. The molecule has 0 spiro atoms. The predicted octanol–water partition coefficient (Wildman–Crippen LogP) is 3.80. The molecule has 0 bridgehead atoms. The van der Waals surface area contributed by atoms with Gasteiger partial charge in [-0.15, -0.1) is 0 Å². The van der Waals surface area contributed by atoms with Crippen molar-refractivity contribution in [3.8, 4) is 0 Å². The smallest absolute Gasteiger partial charge is 0.00120 e. The van der Waals surface area contributed by atoms with E-state index in [0.29, 0.717) is 5.92 Å². The molecule has 12 heavy (non-hydrogen) atoms. The lowest BCUT2D eigenvalue weighted by molar-refractivity contribution is 0.494. The summed E-state index contributed by atoms with van der Waals surface area (Å²) in [6.07, 6.45) is 8.15. The van der Waals surface area contributed by atoms with E-state index >= 15 is 0 Å². The highest BCUT2D eigenvalue weighted by atomic mass is 14.2.